The molecule has 7 heteroatoms. The van der Waals surface area contributed by atoms with E-state index in [1.165, 1.54) is 4.90 Å². The lowest BCUT2D eigenvalue weighted by Crippen LogP contribution is -2.47. The zero-order valence-corrected chi connectivity index (χ0v) is 15.3. The van der Waals surface area contributed by atoms with Crippen molar-refractivity contribution in [1.29, 1.82) is 0 Å². The van der Waals surface area contributed by atoms with Crippen LogP contribution in [0.2, 0.25) is 0 Å². The minimum Gasteiger partial charge on any atom is -0.482 e. The zero-order chi connectivity index (χ0) is 19.9. The molecule has 2 aromatic rings. The van der Waals surface area contributed by atoms with Crippen molar-refractivity contribution in [2.24, 2.45) is 0 Å². The number of carboxylic acid groups (broad SMARTS) is 1. The molecule has 0 aromatic heterocycles. The number of fused-ring (bicyclic) bond motifs is 1. The molecule has 0 radical (unpaired) electrons. The molecular weight excluding hydrogens is 360 g/mol. The number of amides is 2. The van der Waals surface area contributed by atoms with Gasteiger partial charge in [0, 0.05) is 12.5 Å². The van der Waals surface area contributed by atoms with Crippen LogP contribution in [0.4, 0.5) is 5.69 Å². The molecule has 1 atom stereocenters. The number of carbonyl (C=O) groups excluding carboxylic acids is 2. The molecule has 146 valence electrons. The monoisotopic (exact) mass is 382 g/mol. The SMILES string of the molecule is O=C(O)CCC(Cc1ccccc1)NC(=O)CN1C(=O)COc2ccccc21. The van der Waals surface area contributed by atoms with Gasteiger partial charge in [-0.25, -0.2) is 0 Å². The van der Waals surface area contributed by atoms with Crippen LogP contribution in [0.25, 0.3) is 0 Å². The molecule has 1 unspecified atom stereocenters. The summed E-state index contributed by atoms with van der Waals surface area (Å²) in [6, 6.07) is 16.3. The smallest absolute Gasteiger partial charge is 0.303 e. The van der Waals surface area contributed by atoms with Gasteiger partial charge >= 0.3 is 5.97 Å². The number of carboxylic acids is 1. The molecule has 0 spiro atoms. The topological polar surface area (TPSA) is 95.9 Å². The third-order valence-electron chi connectivity index (χ3n) is 4.51. The Labute approximate surface area is 162 Å². The maximum atomic E-state index is 12.6. The highest BCUT2D eigenvalue weighted by molar-refractivity contribution is 6.02. The highest BCUT2D eigenvalue weighted by Crippen LogP contribution is 2.31. The molecule has 2 aromatic carbocycles. The van der Waals surface area contributed by atoms with Crippen LogP contribution < -0.4 is 15.0 Å². The predicted octanol–water partition coefficient (Wildman–Crippen LogP) is 2.00. The maximum absolute atomic E-state index is 12.6. The number of aliphatic carboxylic acids is 1. The van der Waals surface area contributed by atoms with Crippen molar-refractivity contribution in [2.45, 2.75) is 25.3 Å². The van der Waals surface area contributed by atoms with E-state index >= 15 is 0 Å². The summed E-state index contributed by atoms with van der Waals surface area (Å²) in [6.45, 7) is -0.256. The van der Waals surface area contributed by atoms with E-state index in [0.717, 1.165) is 5.56 Å². The third-order valence-corrected chi connectivity index (χ3v) is 4.51. The molecular formula is C21H22N2O5. The summed E-state index contributed by atoms with van der Waals surface area (Å²) in [4.78, 5) is 37.2. The number of para-hydroxylation sites is 2. The first-order valence-corrected chi connectivity index (χ1v) is 9.10. The van der Waals surface area contributed by atoms with Crippen molar-refractivity contribution >= 4 is 23.5 Å². The van der Waals surface area contributed by atoms with Gasteiger partial charge < -0.3 is 15.2 Å². The lowest BCUT2D eigenvalue weighted by molar-refractivity contribution is -0.137. The molecule has 28 heavy (non-hydrogen) atoms. The molecule has 0 fully saturated rings. The van der Waals surface area contributed by atoms with E-state index in [0.29, 0.717) is 24.3 Å². The summed E-state index contributed by atoms with van der Waals surface area (Å²) in [6.07, 6.45) is 0.786. The highest BCUT2D eigenvalue weighted by Gasteiger charge is 2.27. The molecule has 3 rings (SSSR count). The summed E-state index contributed by atoms with van der Waals surface area (Å²) >= 11 is 0. The van der Waals surface area contributed by atoms with Crippen LogP contribution in [0.3, 0.4) is 0 Å². The van der Waals surface area contributed by atoms with Crippen LogP contribution in [0.1, 0.15) is 18.4 Å². The average Bonchev–Trinajstić information content (AvgIpc) is 2.69. The van der Waals surface area contributed by atoms with Crippen LogP contribution in [-0.4, -0.2) is 42.1 Å². The largest absolute Gasteiger partial charge is 0.482 e. The molecule has 2 amide bonds. The standard InChI is InChI=1S/C21H22N2O5/c24-19(13-23-17-8-4-5-9-18(17)28-14-20(23)25)22-16(10-11-21(26)27)12-15-6-2-1-3-7-15/h1-9,16H,10-14H2,(H,22,24)(H,26,27). The molecule has 1 heterocycles. The van der Waals surface area contributed by atoms with Crippen LogP contribution >= 0.6 is 0 Å². The normalized spacial score (nSPS) is 14.0. The van der Waals surface area contributed by atoms with E-state index in [4.69, 9.17) is 9.84 Å². The Balaban J connectivity index is 1.67. The lowest BCUT2D eigenvalue weighted by Gasteiger charge is -2.29. The number of nitrogens with zero attached hydrogens (tertiary/aromatic N) is 1. The van der Waals surface area contributed by atoms with Crippen molar-refractivity contribution in [3.63, 3.8) is 0 Å². The number of nitrogens with one attached hydrogen (secondary N) is 1. The molecule has 1 aliphatic rings. The van der Waals surface area contributed by atoms with Crippen molar-refractivity contribution in [3.8, 4) is 5.75 Å². The third kappa shape index (κ3) is 5.09. The Kier molecular flexibility index (Phi) is 6.26. The Morgan fingerprint density at radius 2 is 1.82 bits per heavy atom. The molecule has 0 saturated heterocycles. The van der Waals surface area contributed by atoms with Gasteiger partial charge in [-0.1, -0.05) is 42.5 Å². The van der Waals surface area contributed by atoms with E-state index in [-0.39, 0.29) is 37.4 Å². The van der Waals surface area contributed by atoms with Crippen molar-refractivity contribution < 1.29 is 24.2 Å². The minimum atomic E-state index is -0.912. The zero-order valence-electron chi connectivity index (χ0n) is 15.3. The number of hydrogen-bond donors (Lipinski definition) is 2. The van der Waals surface area contributed by atoms with Gasteiger partial charge in [-0.3, -0.25) is 19.3 Å². The average molecular weight is 382 g/mol. The Hall–Kier alpha value is -3.35. The van der Waals surface area contributed by atoms with E-state index in [9.17, 15) is 14.4 Å². The molecule has 7 nitrogen and oxygen atoms in total. The number of rotatable bonds is 8. The quantitative estimate of drug-likeness (QED) is 0.728. The first kappa shape index (κ1) is 19.4. The Morgan fingerprint density at radius 1 is 1.11 bits per heavy atom. The van der Waals surface area contributed by atoms with Gasteiger partial charge in [-0.15, -0.1) is 0 Å². The number of ether oxygens (including phenoxy) is 1. The molecule has 0 saturated carbocycles. The maximum Gasteiger partial charge on any atom is 0.303 e. The van der Waals surface area contributed by atoms with Gasteiger partial charge in [0.25, 0.3) is 5.91 Å². The second kappa shape index (κ2) is 9.03. The van der Waals surface area contributed by atoms with Gasteiger partial charge in [0.1, 0.15) is 12.3 Å². The first-order chi connectivity index (χ1) is 13.5. The van der Waals surface area contributed by atoms with Crippen LogP contribution in [-0.2, 0) is 20.8 Å². The minimum absolute atomic E-state index is 0.0445. The van der Waals surface area contributed by atoms with Crippen molar-refractivity contribution in [2.75, 3.05) is 18.1 Å². The van der Waals surface area contributed by atoms with Gasteiger partial charge in [-0.05, 0) is 30.5 Å². The van der Waals surface area contributed by atoms with Crippen LogP contribution in [0, 0.1) is 0 Å². The summed E-state index contributed by atoms with van der Waals surface area (Å²) < 4.78 is 5.38. The summed E-state index contributed by atoms with van der Waals surface area (Å²) in [5, 5.41) is 11.9. The molecule has 0 aliphatic carbocycles. The van der Waals surface area contributed by atoms with E-state index in [1.807, 2.05) is 30.3 Å². The molecule has 1 aliphatic heterocycles. The summed E-state index contributed by atoms with van der Waals surface area (Å²) in [5.41, 5.74) is 1.56. The second-order valence-electron chi connectivity index (χ2n) is 6.62. The van der Waals surface area contributed by atoms with Gasteiger partial charge in [0.2, 0.25) is 5.91 Å². The Bertz CT molecular complexity index is 853. The van der Waals surface area contributed by atoms with Crippen molar-refractivity contribution in [1.82, 2.24) is 5.32 Å². The Morgan fingerprint density at radius 3 is 2.57 bits per heavy atom. The fraction of sp³-hybridized carbons (Fsp3) is 0.286. The summed E-state index contributed by atoms with van der Waals surface area (Å²) in [5.74, 6) is -0.985. The van der Waals surface area contributed by atoms with E-state index in [2.05, 4.69) is 5.32 Å². The van der Waals surface area contributed by atoms with Gasteiger partial charge in [-0.2, -0.15) is 0 Å². The van der Waals surface area contributed by atoms with Crippen LogP contribution in [0.15, 0.2) is 54.6 Å². The fourth-order valence-electron chi connectivity index (χ4n) is 3.17. The van der Waals surface area contributed by atoms with Crippen molar-refractivity contribution in [3.05, 3.63) is 60.2 Å². The fourth-order valence-corrected chi connectivity index (χ4v) is 3.17. The number of anilines is 1. The van der Waals surface area contributed by atoms with Gasteiger partial charge in [0.05, 0.1) is 5.69 Å². The van der Waals surface area contributed by atoms with E-state index in [1.54, 1.807) is 24.3 Å². The van der Waals surface area contributed by atoms with Gasteiger partial charge in [0.15, 0.2) is 6.61 Å². The number of carbonyl (C=O) groups is 3. The molecule has 0 bridgehead atoms. The lowest BCUT2D eigenvalue weighted by atomic mass is 10.0. The predicted molar refractivity (Wildman–Crippen MR) is 103 cm³/mol. The number of hydrogen-bond acceptors (Lipinski definition) is 4. The first-order valence-electron chi connectivity index (χ1n) is 9.10. The molecule has 2 N–H and O–H groups in total. The highest BCUT2D eigenvalue weighted by atomic mass is 16.5. The summed E-state index contributed by atoms with van der Waals surface area (Å²) in [7, 11) is 0. The second-order valence-corrected chi connectivity index (χ2v) is 6.62. The van der Waals surface area contributed by atoms with Crippen LogP contribution in [0.5, 0.6) is 5.75 Å². The number of benzene rings is 2. The van der Waals surface area contributed by atoms with E-state index < -0.39 is 5.97 Å².